The molecular weight excluding hydrogens is 308 g/mol. The highest BCUT2D eigenvalue weighted by Crippen LogP contribution is 2.24. The molecule has 1 aromatic heterocycles. The molecule has 2 rings (SSSR count). The number of benzene rings is 1. The maximum atomic E-state index is 12.4. The first-order chi connectivity index (χ1) is 10.0. The summed E-state index contributed by atoms with van der Waals surface area (Å²) in [4.78, 5) is 14.1. The minimum atomic E-state index is -0.140. The van der Waals surface area contributed by atoms with E-state index in [2.05, 4.69) is 15.5 Å². The number of halogens is 1. The topological polar surface area (TPSA) is 58.1 Å². The molecule has 1 amide bonds. The molecule has 0 aliphatic heterocycles. The summed E-state index contributed by atoms with van der Waals surface area (Å²) in [6.07, 6.45) is 0. The lowest BCUT2D eigenvalue weighted by molar-refractivity contribution is 0.0741. The van der Waals surface area contributed by atoms with Gasteiger partial charge in [-0.05, 0) is 31.5 Å². The van der Waals surface area contributed by atoms with Crippen LogP contribution in [0.5, 0.6) is 0 Å². The molecule has 0 saturated carbocycles. The van der Waals surface area contributed by atoms with E-state index in [0.717, 1.165) is 12.1 Å². The zero-order valence-electron chi connectivity index (χ0n) is 12.1. The summed E-state index contributed by atoms with van der Waals surface area (Å²) in [6.45, 7) is 4.69. The molecule has 1 heterocycles. The van der Waals surface area contributed by atoms with Gasteiger partial charge in [-0.3, -0.25) is 4.79 Å². The van der Waals surface area contributed by atoms with E-state index in [1.165, 1.54) is 11.3 Å². The minimum Gasteiger partial charge on any atom is -0.360 e. The number of hydrogen-bond donors (Lipinski definition) is 1. The number of amides is 1. The molecule has 2 aromatic rings. The molecule has 21 heavy (non-hydrogen) atoms. The maximum absolute atomic E-state index is 12.4. The van der Waals surface area contributed by atoms with Crippen LogP contribution < -0.4 is 5.32 Å². The zero-order chi connectivity index (χ0) is 15.4. The lowest BCUT2D eigenvalue weighted by Gasteiger charge is -2.24. The summed E-state index contributed by atoms with van der Waals surface area (Å²) in [5, 5.41) is 12.7. The van der Waals surface area contributed by atoms with E-state index in [9.17, 15) is 4.79 Å². The molecule has 0 radical (unpaired) electrons. The van der Waals surface area contributed by atoms with Crippen molar-refractivity contribution in [1.82, 2.24) is 15.1 Å². The zero-order valence-corrected chi connectivity index (χ0v) is 13.7. The molecule has 0 fully saturated rings. The predicted molar refractivity (Wildman–Crippen MR) is 86.0 cm³/mol. The number of rotatable bonds is 5. The molecule has 0 aliphatic rings. The summed E-state index contributed by atoms with van der Waals surface area (Å²) in [6, 6.07) is 7.41. The van der Waals surface area contributed by atoms with Crippen LogP contribution in [0.25, 0.3) is 0 Å². The van der Waals surface area contributed by atoms with Crippen LogP contribution in [-0.4, -0.2) is 34.6 Å². The molecule has 1 N–H and O–H groups in total. The smallest absolute Gasteiger partial charge is 0.285 e. The summed E-state index contributed by atoms with van der Waals surface area (Å²) >= 11 is 7.15. The van der Waals surface area contributed by atoms with Crippen molar-refractivity contribution >= 4 is 34.0 Å². The molecule has 112 valence electrons. The van der Waals surface area contributed by atoms with E-state index in [1.807, 2.05) is 38.1 Å². The molecule has 0 saturated heterocycles. The Morgan fingerprint density at radius 3 is 2.67 bits per heavy atom. The lowest BCUT2D eigenvalue weighted by atomic mass is 10.1. The van der Waals surface area contributed by atoms with Crippen molar-refractivity contribution in [3.05, 3.63) is 39.9 Å². The van der Waals surface area contributed by atoms with Crippen LogP contribution in [0.4, 0.5) is 5.13 Å². The molecule has 0 spiro atoms. The van der Waals surface area contributed by atoms with Gasteiger partial charge in [0.1, 0.15) is 0 Å². The number of nitrogens with one attached hydrogen (secondary N) is 1. The van der Waals surface area contributed by atoms with Gasteiger partial charge in [0.05, 0.1) is 6.04 Å². The fourth-order valence-electron chi connectivity index (χ4n) is 1.82. The molecule has 5 nitrogen and oxygen atoms in total. The van der Waals surface area contributed by atoms with E-state index in [-0.39, 0.29) is 11.9 Å². The Balaban J connectivity index is 2.12. The second-order valence-electron chi connectivity index (χ2n) is 4.59. The molecule has 7 heteroatoms. The molecule has 1 atom stereocenters. The largest absolute Gasteiger partial charge is 0.360 e. The fourth-order valence-corrected chi connectivity index (χ4v) is 2.74. The summed E-state index contributed by atoms with van der Waals surface area (Å²) in [5.41, 5.74) is 1.02. The number of anilines is 1. The first-order valence-corrected chi connectivity index (χ1v) is 7.82. The first kappa shape index (κ1) is 15.7. The van der Waals surface area contributed by atoms with Crippen molar-refractivity contribution in [2.45, 2.75) is 19.9 Å². The Labute approximate surface area is 133 Å². The molecule has 0 bridgehead atoms. The fraction of sp³-hybridized carbons (Fsp3) is 0.357. The van der Waals surface area contributed by atoms with E-state index in [1.54, 1.807) is 11.9 Å². The third-order valence-electron chi connectivity index (χ3n) is 3.19. The average Bonchev–Trinajstić information content (AvgIpc) is 2.95. The van der Waals surface area contributed by atoms with Gasteiger partial charge in [0.25, 0.3) is 5.91 Å². The standard InChI is InChI=1S/C14H17ClN4OS/c1-4-16-14-18-17-12(21-14)13(20)19(3)9(2)10-5-7-11(15)8-6-10/h5-9H,4H2,1-3H3,(H,16,18). The Morgan fingerprint density at radius 2 is 2.05 bits per heavy atom. The Hall–Kier alpha value is -1.66. The predicted octanol–water partition coefficient (Wildman–Crippen LogP) is 3.46. The van der Waals surface area contributed by atoms with Gasteiger partial charge in [0.2, 0.25) is 10.1 Å². The van der Waals surface area contributed by atoms with Crippen LogP contribution in [-0.2, 0) is 0 Å². The SMILES string of the molecule is CCNc1nnc(C(=O)N(C)C(C)c2ccc(Cl)cc2)s1. The van der Waals surface area contributed by atoms with Crippen LogP contribution in [0, 0.1) is 0 Å². The van der Waals surface area contributed by atoms with Crippen LogP contribution >= 0.6 is 22.9 Å². The first-order valence-electron chi connectivity index (χ1n) is 6.63. The van der Waals surface area contributed by atoms with Crippen LogP contribution in [0.15, 0.2) is 24.3 Å². The van der Waals surface area contributed by atoms with Gasteiger partial charge < -0.3 is 10.2 Å². The van der Waals surface area contributed by atoms with Gasteiger partial charge in [0.15, 0.2) is 0 Å². The number of aromatic nitrogens is 2. The van der Waals surface area contributed by atoms with Crippen molar-refractivity contribution in [2.75, 3.05) is 18.9 Å². The second kappa shape index (κ2) is 6.87. The lowest BCUT2D eigenvalue weighted by Crippen LogP contribution is -2.29. The summed E-state index contributed by atoms with van der Waals surface area (Å²) < 4.78 is 0. The van der Waals surface area contributed by atoms with Crippen molar-refractivity contribution in [3.63, 3.8) is 0 Å². The van der Waals surface area contributed by atoms with E-state index in [0.29, 0.717) is 15.2 Å². The number of nitrogens with zero attached hydrogens (tertiary/aromatic N) is 3. The average molecular weight is 325 g/mol. The van der Waals surface area contributed by atoms with Gasteiger partial charge in [-0.15, -0.1) is 10.2 Å². The highest BCUT2D eigenvalue weighted by atomic mass is 35.5. The summed E-state index contributed by atoms with van der Waals surface area (Å²) in [5.74, 6) is -0.140. The molecule has 1 unspecified atom stereocenters. The third kappa shape index (κ3) is 3.71. The van der Waals surface area contributed by atoms with Gasteiger partial charge in [0, 0.05) is 18.6 Å². The Bertz CT molecular complexity index is 614. The summed E-state index contributed by atoms with van der Waals surface area (Å²) in [7, 11) is 1.76. The molecule has 1 aromatic carbocycles. The number of carbonyl (C=O) groups excluding carboxylic acids is 1. The Morgan fingerprint density at radius 1 is 1.38 bits per heavy atom. The quantitative estimate of drug-likeness (QED) is 0.915. The van der Waals surface area contributed by atoms with Gasteiger partial charge in [-0.2, -0.15) is 0 Å². The van der Waals surface area contributed by atoms with Crippen molar-refractivity contribution in [3.8, 4) is 0 Å². The Kier molecular flexibility index (Phi) is 5.14. The normalized spacial score (nSPS) is 12.0. The highest BCUT2D eigenvalue weighted by Gasteiger charge is 2.22. The number of hydrogen-bond acceptors (Lipinski definition) is 5. The van der Waals surface area contributed by atoms with Crippen molar-refractivity contribution in [2.24, 2.45) is 0 Å². The number of carbonyl (C=O) groups is 1. The van der Waals surface area contributed by atoms with Crippen LogP contribution in [0.3, 0.4) is 0 Å². The second-order valence-corrected chi connectivity index (χ2v) is 6.00. The third-order valence-corrected chi connectivity index (χ3v) is 4.31. The van der Waals surface area contributed by atoms with E-state index >= 15 is 0 Å². The van der Waals surface area contributed by atoms with E-state index < -0.39 is 0 Å². The van der Waals surface area contributed by atoms with Gasteiger partial charge in [-0.1, -0.05) is 35.1 Å². The minimum absolute atomic E-state index is 0.0683. The van der Waals surface area contributed by atoms with E-state index in [4.69, 9.17) is 11.6 Å². The van der Waals surface area contributed by atoms with Crippen molar-refractivity contribution in [1.29, 1.82) is 0 Å². The van der Waals surface area contributed by atoms with Crippen LogP contribution in [0.1, 0.15) is 35.3 Å². The molecular formula is C14H17ClN4OS. The van der Waals surface area contributed by atoms with Crippen molar-refractivity contribution < 1.29 is 4.79 Å². The van der Waals surface area contributed by atoms with Crippen LogP contribution in [0.2, 0.25) is 5.02 Å². The van der Waals surface area contributed by atoms with Gasteiger partial charge >= 0.3 is 0 Å². The maximum Gasteiger partial charge on any atom is 0.285 e. The highest BCUT2D eigenvalue weighted by molar-refractivity contribution is 7.17. The van der Waals surface area contributed by atoms with Gasteiger partial charge in [-0.25, -0.2) is 0 Å². The monoisotopic (exact) mass is 324 g/mol. The molecule has 0 aliphatic carbocycles.